The minimum atomic E-state index is -0.823. The average molecular weight is 255 g/mol. The van der Waals surface area contributed by atoms with E-state index in [1.165, 1.54) is 25.7 Å². The quantitative estimate of drug-likeness (QED) is 0.629. The number of carbonyl (C=O) groups excluding carboxylic acids is 2. The van der Waals surface area contributed by atoms with Crippen LogP contribution in [-0.2, 0) is 9.59 Å². The lowest BCUT2D eigenvalue weighted by Gasteiger charge is -2.24. The van der Waals surface area contributed by atoms with E-state index in [9.17, 15) is 9.59 Å². The third-order valence-electron chi connectivity index (χ3n) is 3.73. The molecule has 0 spiro atoms. The summed E-state index contributed by atoms with van der Waals surface area (Å²) in [5, 5.41) is 2.91. The number of hydrogen-bond donors (Lipinski definition) is 3. The number of nitrogens with one attached hydrogen (secondary N) is 1. The molecule has 0 bridgehead atoms. The lowest BCUT2D eigenvalue weighted by atomic mass is 9.93. The first-order chi connectivity index (χ1) is 8.50. The van der Waals surface area contributed by atoms with E-state index in [1.807, 2.05) is 6.92 Å². The van der Waals surface area contributed by atoms with Crippen molar-refractivity contribution in [3.05, 3.63) is 0 Å². The maximum absolute atomic E-state index is 11.8. The summed E-state index contributed by atoms with van der Waals surface area (Å²) in [5.41, 5.74) is 10.6. The van der Waals surface area contributed by atoms with Gasteiger partial charge >= 0.3 is 0 Å². The average Bonchev–Trinajstić information content (AvgIpc) is 2.56. The Hall–Kier alpha value is -1.10. The highest BCUT2D eigenvalue weighted by Gasteiger charge is 2.23. The van der Waals surface area contributed by atoms with E-state index in [0.717, 1.165) is 12.8 Å². The molecule has 1 aliphatic carbocycles. The zero-order chi connectivity index (χ0) is 13.5. The Balaban J connectivity index is 2.39. The Labute approximate surface area is 109 Å². The van der Waals surface area contributed by atoms with Crippen molar-refractivity contribution in [1.82, 2.24) is 5.32 Å². The molecule has 1 fully saturated rings. The summed E-state index contributed by atoms with van der Waals surface area (Å²) >= 11 is 0. The van der Waals surface area contributed by atoms with E-state index in [0.29, 0.717) is 5.92 Å². The summed E-state index contributed by atoms with van der Waals surface area (Å²) in [4.78, 5) is 22.5. The first-order valence-electron chi connectivity index (χ1n) is 6.85. The summed E-state index contributed by atoms with van der Waals surface area (Å²) < 4.78 is 0. The van der Waals surface area contributed by atoms with Gasteiger partial charge in [-0.2, -0.15) is 0 Å². The van der Waals surface area contributed by atoms with Crippen LogP contribution in [0.15, 0.2) is 0 Å². The van der Waals surface area contributed by atoms with Crippen LogP contribution in [-0.4, -0.2) is 23.9 Å². The van der Waals surface area contributed by atoms with Gasteiger partial charge in [-0.15, -0.1) is 0 Å². The van der Waals surface area contributed by atoms with Crippen LogP contribution in [0.2, 0.25) is 0 Å². The Morgan fingerprint density at radius 2 is 1.78 bits per heavy atom. The molecule has 2 amide bonds. The second-order valence-electron chi connectivity index (χ2n) is 5.33. The molecule has 104 valence electrons. The lowest BCUT2D eigenvalue weighted by Crippen LogP contribution is -2.48. The zero-order valence-electron chi connectivity index (χ0n) is 11.2. The molecule has 0 aromatic carbocycles. The molecule has 0 aromatic rings. The molecular weight excluding hydrogens is 230 g/mol. The number of nitrogens with two attached hydrogens (primary N) is 2. The van der Waals surface area contributed by atoms with Crippen LogP contribution in [0.1, 0.15) is 51.9 Å². The maximum Gasteiger partial charge on any atom is 0.237 e. The van der Waals surface area contributed by atoms with Crippen LogP contribution in [0, 0.1) is 5.92 Å². The van der Waals surface area contributed by atoms with Crippen LogP contribution in [0.3, 0.4) is 0 Å². The van der Waals surface area contributed by atoms with Crippen LogP contribution < -0.4 is 16.8 Å². The van der Waals surface area contributed by atoms with Crippen molar-refractivity contribution in [2.45, 2.75) is 64.0 Å². The van der Waals surface area contributed by atoms with E-state index < -0.39 is 11.9 Å². The van der Waals surface area contributed by atoms with Gasteiger partial charge in [0.2, 0.25) is 11.8 Å². The molecule has 0 heterocycles. The van der Waals surface area contributed by atoms with Gasteiger partial charge in [0, 0.05) is 6.04 Å². The van der Waals surface area contributed by atoms with Crippen molar-refractivity contribution in [2.75, 3.05) is 0 Å². The van der Waals surface area contributed by atoms with Gasteiger partial charge in [-0.1, -0.05) is 25.7 Å². The zero-order valence-corrected chi connectivity index (χ0v) is 11.2. The van der Waals surface area contributed by atoms with E-state index in [-0.39, 0.29) is 18.4 Å². The first kappa shape index (κ1) is 15.0. The molecule has 0 saturated heterocycles. The third kappa shape index (κ3) is 5.04. The topological polar surface area (TPSA) is 98.2 Å². The smallest absolute Gasteiger partial charge is 0.237 e. The van der Waals surface area contributed by atoms with Crippen LogP contribution in [0.4, 0.5) is 0 Å². The number of carbonyl (C=O) groups is 2. The van der Waals surface area contributed by atoms with E-state index in [4.69, 9.17) is 11.5 Å². The van der Waals surface area contributed by atoms with Gasteiger partial charge in [-0.05, 0) is 25.7 Å². The maximum atomic E-state index is 11.8. The molecule has 0 aliphatic heterocycles. The highest BCUT2D eigenvalue weighted by molar-refractivity contribution is 5.87. The van der Waals surface area contributed by atoms with Crippen molar-refractivity contribution in [3.63, 3.8) is 0 Å². The fourth-order valence-corrected chi connectivity index (χ4v) is 2.57. The molecule has 18 heavy (non-hydrogen) atoms. The van der Waals surface area contributed by atoms with Gasteiger partial charge in [0.25, 0.3) is 0 Å². The van der Waals surface area contributed by atoms with Gasteiger partial charge in [0.1, 0.15) is 0 Å². The molecule has 2 atom stereocenters. The molecule has 1 aliphatic rings. The fraction of sp³-hybridized carbons (Fsp3) is 0.846. The minimum absolute atomic E-state index is 0.0940. The summed E-state index contributed by atoms with van der Waals surface area (Å²) in [6.07, 6.45) is 7.27. The van der Waals surface area contributed by atoms with Crippen LogP contribution in [0.25, 0.3) is 0 Å². The fourth-order valence-electron chi connectivity index (χ4n) is 2.57. The van der Waals surface area contributed by atoms with E-state index in [1.54, 1.807) is 0 Å². The summed E-state index contributed by atoms with van der Waals surface area (Å²) in [5.74, 6) is -0.289. The molecule has 5 N–H and O–H groups in total. The highest BCUT2D eigenvalue weighted by atomic mass is 16.2. The standard InChI is InChI=1S/C13H25N3O2/c1-9(10-6-4-2-3-5-7-10)16-13(18)11(14)8-12(15)17/h9-11H,2-8,14H2,1H3,(H2,15,17)(H,16,18)/t9-,11?/m1/s1. The largest absolute Gasteiger partial charge is 0.370 e. The van der Waals surface area contributed by atoms with Crippen molar-refractivity contribution in [1.29, 1.82) is 0 Å². The summed E-state index contributed by atoms with van der Waals surface area (Å²) in [6, 6.07) is -0.703. The predicted octanol–water partition coefficient (Wildman–Crippen LogP) is 0.664. The van der Waals surface area contributed by atoms with Crippen molar-refractivity contribution in [3.8, 4) is 0 Å². The number of rotatable bonds is 5. The van der Waals surface area contributed by atoms with E-state index >= 15 is 0 Å². The Morgan fingerprint density at radius 1 is 1.22 bits per heavy atom. The number of primary amides is 1. The third-order valence-corrected chi connectivity index (χ3v) is 3.73. The van der Waals surface area contributed by atoms with Gasteiger partial charge in [-0.25, -0.2) is 0 Å². The normalized spacial score (nSPS) is 20.8. The van der Waals surface area contributed by atoms with Crippen LogP contribution in [0.5, 0.6) is 0 Å². The molecule has 1 unspecified atom stereocenters. The Kier molecular flexibility index (Phi) is 6.12. The molecule has 0 aromatic heterocycles. The van der Waals surface area contributed by atoms with Crippen molar-refractivity contribution >= 4 is 11.8 Å². The Bertz CT molecular complexity index is 286. The monoisotopic (exact) mass is 255 g/mol. The van der Waals surface area contributed by atoms with Crippen molar-refractivity contribution < 1.29 is 9.59 Å². The van der Waals surface area contributed by atoms with Gasteiger partial charge < -0.3 is 16.8 Å². The molecule has 1 saturated carbocycles. The lowest BCUT2D eigenvalue weighted by molar-refractivity contribution is -0.127. The van der Waals surface area contributed by atoms with Crippen LogP contribution >= 0.6 is 0 Å². The highest BCUT2D eigenvalue weighted by Crippen LogP contribution is 2.25. The molecule has 5 heteroatoms. The molecular formula is C13H25N3O2. The molecule has 1 rings (SSSR count). The summed E-state index contributed by atoms with van der Waals surface area (Å²) in [7, 11) is 0. The second kappa shape index (κ2) is 7.36. The number of hydrogen-bond acceptors (Lipinski definition) is 3. The minimum Gasteiger partial charge on any atom is -0.370 e. The summed E-state index contributed by atoms with van der Waals surface area (Å²) in [6.45, 7) is 2.02. The van der Waals surface area contributed by atoms with Crippen molar-refractivity contribution in [2.24, 2.45) is 17.4 Å². The van der Waals surface area contributed by atoms with Gasteiger partial charge in [-0.3, -0.25) is 9.59 Å². The van der Waals surface area contributed by atoms with E-state index in [2.05, 4.69) is 5.32 Å². The van der Waals surface area contributed by atoms with Gasteiger partial charge in [0.05, 0.1) is 12.5 Å². The SMILES string of the molecule is C[C@@H](NC(=O)C(N)CC(N)=O)C1CCCCCC1. The predicted molar refractivity (Wildman–Crippen MR) is 70.6 cm³/mol. The first-order valence-corrected chi connectivity index (χ1v) is 6.85. The second-order valence-corrected chi connectivity index (χ2v) is 5.33. The molecule has 0 radical (unpaired) electrons. The Morgan fingerprint density at radius 3 is 2.28 bits per heavy atom. The number of amides is 2. The molecule has 5 nitrogen and oxygen atoms in total. The van der Waals surface area contributed by atoms with Gasteiger partial charge in [0.15, 0.2) is 0 Å².